The van der Waals surface area contributed by atoms with Gasteiger partial charge in [0.05, 0.1) is 0 Å². The van der Waals surface area contributed by atoms with Gasteiger partial charge in [0.2, 0.25) is 12.4 Å². The van der Waals surface area contributed by atoms with Gasteiger partial charge in [-0.25, -0.2) is 0 Å². The van der Waals surface area contributed by atoms with Gasteiger partial charge in [0.25, 0.3) is 0 Å². The predicted molar refractivity (Wildman–Crippen MR) is 97.0 cm³/mol. The minimum absolute atomic E-state index is 0.115. The number of nitrogens with zero attached hydrogens (tertiary/aromatic N) is 1. The lowest BCUT2D eigenvalue weighted by molar-refractivity contribution is -0.299. The molecule has 1 aliphatic rings. The van der Waals surface area contributed by atoms with Gasteiger partial charge in [-0.05, 0) is 19.4 Å². The lowest BCUT2D eigenvalue weighted by Crippen LogP contribution is -2.62. The predicted octanol–water partition coefficient (Wildman–Crippen LogP) is 0.904. The first-order chi connectivity index (χ1) is 14.0. The SMILES string of the molecule is CC(=O)OCC1OC(OC(C#N)=C(C)C)C(OC(C)=O)C(OC(C)=O)C1OC(C)=O. The fraction of sp³-hybridized carbons (Fsp3) is 0.632. The number of esters is 4. The zero-order valence-electron chi connectivity index (χ0n) is 17.6. The van der Waals surface area contributed by atoms with Crippen molar-refractivity contribution in [2.75, 3.05) is 6.61 Å². The lowest BCUT2D eigenvalue weighted by Gasteiger charge is -2.43. The van der Waals surface area contributed by atoms with Crippen molar-refractivity contribution < 1.29 is 47.6 Å². The number of hydrogen-bond acceptors (Lipinski definition) is 11. The van der Waals surface area contributed by atoms with Crippen LogP contribution in [0.5, 0.6) is 0 Å². The summed E-state index contributed by atoms with van der Waals surface area (Å²) >= 11 is 0. The third kappa shape index (κ3) is 7.36. The van der Waals surface area contributed by atoms with Crippen LogP contribution < -0.4 is 0 Å². The van der Waals surface area contributed by atoms with Gasteiger partial charge < -0.3 is 28.4 Å². The number of carbonyl (C=O) groups is 4. The Hall–Kier alpha value is -3.13. The summed E-state index contributed by atoms with van der Waals surface area (Å²) in [7, 11) is 0. The molecule has 0 aromatic rings. The van der Waals surface area contributed by atoms with Crippen LogP contribution in [0.3, 0.4) is 0 Å². The van der Waals surface area contributed by atoms with Gasteiger partial charge in [0, 0.05) is 27.7 Å². The van der Waals surface area contributed by atoms with E-state index in [2.05, 4.69) is 0 Å². The van der Waals surface area contributed by atoms with Crippen molar-refractivity contribution >= 4 is 23.9 Å². The van der Waals surface area contributed by atoms with Gasteiger partial charge in [0.15, 0.2) is 18.0 Å². The molecule has 1 aliphatic heterocycles. The summed E-state index contributed by atoms with van der Waals surface area (Å²) in [6.45, 7) is 7.36. The molecule has 0 aromatic heterocycles. The van der Waals surface area contributed by atoms with Gasteiger partial charge in [-0.15, -0.1) is 0 Å². The maximum absolute atomic E-state index is 11.7. The Kier molecular flexibility index (Phi) is 9.26. The first-order valence-corrected chi connectivity index (χ1v) is 9.01. The van der Waals surface area contributed by atoms with E-state index in [-0.39, 0.29) is 12.4 Å². The fourth-order valence-electron chi connectivity index (χ4n) is 2.66. The highest BCUT2D eigenvalue weighted by molar-refractivity contribution is 5.68. The molecule has 0 N–H and O–H groups in total. The highest BCUT2D eigenvalue weighted by atomic mass is 16.7. The van der Waals surface area contributed by atoms with Crippen molar-refractivity contribution in [3.8, 4) is 6.07 Å². The van der Waals surface area contributed by atoms with Crippen molar-refractivity contribution in [1.29, 1.82) is 5.26 Å². The first kappa shape index (κ1) is 24.9. The summed E-state index contributed by atoms with van der Waals surface area (Å²) in [6, 6.07) is 1.85. The van der Waals surface area contributed by atoms with Gasteiger partial charge >= 0.3 is 23.9 Å². The van der Waals surface area contributed by atoms with Crippen LogP contribution in [0.4, 0.5) is 0 Å². The summed E-state index contributed by atoms with van der Waals surface area (Å²) < 4.78 is 32.0. The fourth-order valence-corrected chi connectivity index (χ4v) is 2.66. The van der Waals surface area contributed by atoms with Crippen molar-refractivity contribution in [1.82, 2.24) is 0 Å². The normalized spacial score (nSPS) is 25.2. The molecule has 0 spiro atoms. The quantitative estimate of drug-likeness (QED) is 0.247. The largest absolute Gasteiger partial charge is 0.463 e. The van der Waals surface area contributed by atoms with Crippen molar-refractivity contribution in [2.24, 2.45) is 0 Å². The molecule has 0 bridgehead atoms. The van der Waals surface area contributed by atoms with Crippen LogP contribution in [0.15, 0.2) is 11.3 Å². The Balaban J connectivity index is 3.43. The summed E-state index contributed by atoms with van der Waals surface area (Å²) in [5.74, 6) is -3.01. The van der Waals surface area contributed by atoms with Crippen LogP contribution in [0.2, 0.25) is 0 Å². The van der Waals surface area contributed by atoms with Gasteiger partial charge in [-0.3, -0.25) is 19.2 Å². The highest BCUT2D eigenvalue weighted by Gasteiger charge is 2.53. The molecule has 0 saturated carbocycles. The van der Waals surface area contributed by atoms with Gasteiger partial charge in [-0.1, -0.05) is 0 Å². The minimum atomic E-state index is -1.42. The number of ether oxygens (including phenoxy) is 6. The number of allylic oxidation sites excluding steroid dienone is 2. The van der Waals surface area contributed by atoms with Crippen LogP contribution in [0.1, 0.15) is 41.5 Å². The third-order valence-electron chi connectivity index (χ3n) is 3.74. The third-order valence-corrected chi connectivity index (χ3v) is 3.74. The molecule has 5 atom stereocenters. The van der Waals surface area contributed by atoms with Gasteiger partial charge in [-0.2, -0.15) is 5.26 Å². The Bertz CT molecular complexity index is 749. The van der Waals surface area contributed by atoms with E-state index in [4.69, 9.17) is 28.4 Å². The van der Waals surface area contributed by atoms with E-state index in [1.54, 1.807) is 13.8 Å². The molecule has 0 aromatic carbocycles. The molecule has 0 radical (unpaired) electrons. The van der Waals surface area contributed by atoms with E-state index < -0.39 is 54.6 Å². The Morgan fingerprint density at radius 2 is 1.27 bits per heavy atom. The summed E-state index contributed by atoms with van der Waals surface area (Å²) in [6.07, 6.45) is -6.59. The molecule has 1 heterocycles. The van der Waals surface area contributed by atoms with Crippen LogP contribution in [-0.4, -0.2) is 61.2 Å². The number of nitriles is 1. The number of carbonyl (C=O) groups excluding carboxylic acids is 4. The second-order valence-corrected chi connectivity index (χ2v) is 6.63. The van der Waals surface area contributed by atoms with Crippen molar-refractivity contribution in [2.45, 2.75) is 72.2 Å². The van der Waals surface area contributed by atoms with E-state index >= 15 is 0 Å². The topological polar surface area (TPSA) is 147 Å². The molecular formula is C19H25NO10. The average Bonchev–Trinajstić information content (AvgIpc) is 2.60. The molecule has 30 heavy (non-hydrogen) atoms. The maximum atomic E-state index is 11.7. The van der Waals surface area contributed by atoms with E-state index in [1.807, 2.05) is 6.07 Å². The molecule has 1 saturated heterocycles. The molecule has 5 unspecified atom stereocenters. The van der Waals surface area contributed by atoms with Crippen LogP contribution in [-0.2, 0) is 47.6 Å². The monoisotopic (exact) mass is 427 g/mol. The van der Waals surface area contributed by atoms with E-state index in [0.717, 1.165) is 20.8 Å². The number of hydrogen-bond donors (Lipinski definition) is 0. The highest BCUT2D eigenvalue weighted by Crippen LogP contribution is 2.31. The van der Waals surface area contributed by atoms with Crippen LogP contribution in [0, 0.1) is 11.3 Å². The molecule has 1 fully saturated rings. The Labute approximate surface area is 173 Å². The van der Waals surface area contributed by atoms with Gasteiger partial charge in [0.1, 0.15) is 18.8 Å². The summed E-state index contributed by atoms with van der Waals surface area (Å²) in [5.41, 5.74) is 0.505. The summed E-state index contributed by atoms with van der Waals surface area (Å²) in [4.78, 5) is 46.3. The van der Waals surface area contributed by atoms with E-state index in [9.17, 15) is 24.4 Å². The molecule has 1 rings (SSSR count). The molecule has 0 amide bonds. The molecule has 0 aliphatic carbocycles. The molecule has 166 valence electrons. The Morgan fingerprint density at radius 3 is 1.70 bits per heavy atom. The molecule has 11 heteroatoms. The van der Waals surface area contributed by atoms with E-state index in [0.29, 0.717) is 5.57 Å². The number of rotatable bonds is 7. The second-order valence-electron chi connectivity index (χ2n) is 6.63. The first-order valence-electron chi connectivity index (χ1n) is 9.01. The minimum Gasteiger partial charge on any atom is -0.463 e. The smallest absolute Gasteiger partial charge is 0.303 e. The molecule has 11 nitrogen and oxygen atoms in total. The van der Waals surface area contributed by atoms with E-state index in [1.165, 1.54) is 6.92 Å². The van der Waals surface area contributed by atoms with Crippen LogP contribution >= 0.6 is 0 Å². The summed E-state index contributed by atoms with van der Waals surface area (Å²) in [5, 5.41) is 9.30. The van der Waals surface area contributed by atoms with Crippen molar-refractivity contribution in [3.63, 3.8) is 0 Å². The molecular weight excluding hydrogens is 402 g/mol. The second kappa shape index (κ2) is 11.2. The standard InChI is InChI=1S/C19H25NO10/c1-9(2)14(7-20)29-19-18(28-13(6)24)17(27-12(5)23)16(26-11(4)22)15(30-19)8-25-10(3)21/h15-19H,8H2,1-6H3. The average molecular weight is 427 g/mol. The lowest BCUT2D eigenvalue weighted by atomic mass is 9.98. The zero-order chi connectivity index (χ0) is 23.0. The zero-order valence-corrected chi connectivity index (χ0v) is 17.6. The van der Waals surface area contributed by atoms with Crippen LogP contribution in [0.25, 0.3) is 0 Å². The van der Waals surface area contributed by atoms with Crippen molar-refractivity contribution in [3.05, 3.63) is 11.3 Å². The maximum Gasteiger partial charge on any atom is 0.303 e. The Morgan fingerprint density at radius 1 is 0.767 bits per heavy atom.